The first-order valence-corrected chi connectivity index (χ1v) is 7.01. The number of rotatable bonds is 4. The summed E-state index contributed by atoms with van der Waals surface area (Å²) >= 11 is 0. The summed E-state index contributed by atoms with van der Waals surface area (Å²) in [6, 6.07) is 9.14. The molecule has 2 aromatic heterocycles. The highest BCUT2D eigenvalue weighted by molar-refractivity contribution is 5.97. The second kappa shape index (κ2) is 5.85. The van der Waals surface area contributed by atoms with E-state index in [1.165, 1.54) is 4.57 Å². The molecule has 0 aliphatic carbocycles. The first-order chi connectivity index (χ1) is 10.7. The minimum Gasteiger partial charge on any atom is -0.352 e. The average molecular weight is 296 g/mol. The lowest BCUT2D eigenvalue weighted by Crippen LogP contribution is -2.33. The molecule has 22 heavy (non-hydrogen) atoms. The fourth-order valence-corrected chi connectivity index (χ4v) is 2.41. The first-order valence-electron chi connectivity index (χ1n) is 7.01. The van der Waals surface area contributed by atoms with Crippen LogP contribution in [-0.2, 0) is 13.5 Å². The van der Waals surface area contributed by atoms with E-state index in [1.54, 1.807) is 25.5 Å². The number of pyridine rings is 1. The summed E-state index contributed by atoms with van der Waals surface area (Å²) in [6.45, 7) is 0.453. The van der Waals surface area contributed by atoms with Gasteiger partial charge in [0.25, 0.3) is 11.5 Å². The van der Waals surface area contributed by atoms with Crippen molar-refractivity contribution in [2.75, 3.05) is 6.54 Å². The van der Waals surface area contributed by atoms with Crippen LogP contribution in [0.1, 0.15) is 15.9 Å². The van der Waals surface area contributed by atoms with E-state index < -0.39 is 0 Å². The molecule has 0 aliphatic rings. The lowest BCUT2D eigenvalue weighted by Gasteiger charge is -2.09. The number of amides is 1. The second-order valence-electron chi connectivity index (χ2n) is 5.09. The number of nitrogens with one attached hydrogen (secondary N) is 2. The lowest BCUT2D eigenvalue weighted by atomic mass is 10.1. The van der Waals surface area contributed by atoms with E-state index >= 15 is 0 Å². The van der Waals surface area contributed by atoms with Crippen LogP contribution >= 0.6 is 0 Å². The minimum atomic E-state index is -0.352. The number of carbonyl (C=O) groups is 1. The molecule has 0 radical (unpaired) electrons. The molecule has 112 valence electrons. The van der Waals surface area contributed by atoms with Crippen molar-refractivity contribution in [1.29, 1.82) is 0 Å². The van der Waals surface area contributed by atoms with Gasteiger partial charge in [0.15, 0.2) is 0 Å². The number of para-hydroxylation sites is 1. The average Bonchev–Trinajstić information content (AvgIpc) is 3.04. The molecule has 2 heterocycles. The van der Waals surface area contributed by atoms with Crippen LogP contribution < -0.4 is 10.9 Å². The Labute approximate surface area is 126 Å². The van der Waals surface area contributed by atoms with Crippen molar-refractivity contribution in [3.05, 3.63) is 64.2 Å². The van der Waals surface area contributed by atoms with E-state index in [2.05, 4.69) is 15.5 Å². The predicted molar refractivity (Wildman–Crippen MR) is 83.8 cm³/mol. The van der Waals surface area contributed by atoms with Crippen molar-refractivity contribution in [1.82, 2.24) is 20.1 Å². The van der Waals surface area contributed by atoms with Crippen molar-refractivity contribution in [3.8, 4) is 0 Å². The molecule has 1 amide bonds. The normalized spacial score (nSPS) is 10.8. The molecule has 0 aliphatic heterocycles. The van der Waals surface area contributed by atoms with Gasteiger partial charge in [0.2, 0.25) is 0 Å². The molecule has 0 unspecified atom stereocenters. The fourth-order valence-electron chi connectivity index (χ4n) is 2.41. The molecule has 0 fully saturated rings. The maximum absolute atomic E-state index is 12.3. The summed E-state index contributed by atoms with van der Waals surface area (Å²) in [6.07, 6.45) is 4.15. The zero-order chi connectivity index (χ0) is 15.5. The molecule has 0 saturated heterocycles. The maximum Gasteiger partial charge on any atom is 0.263 e. The van der Waals surface area contributed by atoms with Crippen molar-refractivity contribution in [2.24, 2.45) is 7.05 Å². The van der Waals surface area contributed by atoms with Gasteiger partial charge in [0.1, 0.15) is 5.56 Å². The summed E-state index contributed by atoms with van der Waals surface area (Å²) in [5.74, 6) is -0.352. The smallest absolute Gasteiger partial charge is 0.263 e. The first kappa shape index (κ1) is 14.1. The third kappa shape index (κ3) is 2.63. The standard InChI is InChI=1S/C16H16N4O2/c1-20-14-5-3-2-4-12(14)8-13(16(20)22)15(21)17-7-6-11-9-18-19-10-11/h2-5,8-10H,6-7H2,1H3,(H,17,21)(H,18,19). The Bertz CT molecular complexity index is 865. The van der Waals surface area contributed by atoms with Gasteiger partial charge in [-0.05, 0) is 29.5 Å². The summed E-state index contributed by atoms with van der Waals surface area (Å²) < 4.78 is 1.50. The molecular formula is C16H16N4O2. The lowest BCUT2D eigenvalue weighted by molar-refractivity contribution is 0.0952. The van der Waals surface area contributed by atoms with Crippen LogP contribution in [0.25, 0.3) is 10.9 Å². The number of carbonyl (C=O) groups excluding carboxylic acids is 1. The van der Waals surface area contributed by atoms with Crippen molar-refractivity contribution in [3.63, 3.8) is 0 Å². The number of fused-ring (bicyclic) bond motifs is 1. The molecule has 0 bridgehead atoms. The number of aromatic amines is 1. The predicted octanol–water partition coefficient (Wildman–Crippen LogP) is 1.23. The Balaban J connectivity index is 1.81. The molecule has 0 saturated carbocycles. The van der Waals surface area contributed by atoms with E-state index in [0.29, 0.717) is 13.0 Å². The Morgan fingerprint density at radius 1 is 1.36 bits per heavy atom. The SMILES string of the molecule is Cn1c(=O)c(C(=O)NCCc2cn[nH]c2)cc2ccccc21. The van der Waals surface area contributed by atoms with Gasteiger partial charge in [-0.2, -0.15) is 5.10 Å². The third-order valence-electron chi connectivity index (χ3n) is 3.63. The largest absolute Gasteiger partial charge is 0.352 e. The van der Waals surface area contributed by atoms with Crippen LogP contribution in [0.15, 0.2) is 47.5 Å². The van der Waals surface area contributed by atoms with Crippen LogP contribution in [0.5, 0.6) is 0 Å². The Morgan fingerprint density at radius 2 is 2.18 bits per heavy atom. The quantitative estimate of drug-likeness (QED) is 0.760. The van der Waals surface area contributed by atoms with Gasteiger partial charge in [0.05, 0.1) is 11.7 Å². The van der Waals surface area contributed by atoms with Gasteiger partial charge in [-0.25, -0.2) is 0 Å². The summed E-state index contributed by atoms with van der Waals surface area (Å²) in [4.78, 5) is 24.5. The monoisotopic (exact) mass is 296 g/mol. The van der Waals surface area contributed by atoms with Gasteiger partial charge in [-0.15, -0.1) is 0 Å². The summed E-state index contributed by atoms with van der Waals surface area (Å²) in [7, 11) is 1.67. The Morgan fingerprint density at radius 3 is 2.95 bits per heavy atom. The van der Waals surface area contributed by atoms with E-state index in [-0.39, 0.29) is 17.0 Å². The molecule has 3 rings (SSSR count). The number of benzene rings is 1. The van der Waals surface area contributed by atoms with Gasteiger partial charge in [-0.1, -0.05) is 18.2 Å². The number of aryl methyl sites for hydroxylation is 1. The van der Waals surface area contributed by atoms with Gasteiger partial charge < -0.3 is 9.88 Å². The van der Waals surface area contributed by atoms with Crippen LogP contribution in [0.3, 0.4) is 0 Å². The molecular weight excluding hydrogens is 280 g/mol. The van der Waals surface area contributed by atoms with Crippen LogP contribution in [0.2, 0.25) is 0 Å². The number of hydrogen-bond donors (Lipinski definition) is 2. The van der Waals surface area contributed by atoms with E-state index in [4.69, 9.17) is 0 Å². The Hall–Kier alpha value is -2.89. The molecule has 2 N–H and O–H groups in total. The highest BCUT2D eigenvalue weighted by Crippen LogP contribution is 2.12. The molecule has 1 aromatic carbocycles. The zero-order valence-electron chi connectivity index (χ0n) is 12.2. The second-order valence-corrected chi connectivity index (χ2v) is 5.09. The zero-order valence-corrected chi connectivity index (χ0v) is 12.2. The van der Waals surface area contributed by atoms with Crippen LogP contribution in [0.4, 0.5) is 0 Å². The van der Waals surface area contributed by atoms with Gasteiger partial charge in [0, 0.05) is 19.8 Å². The van der Waals surface area contributed by atoms with Crippen LogP contribution in [-0.4, -0.2) is 27.2 Å². The number of hydrogen-bond acceptors (Lipinski definition) is 3. The minimum absolute atomic E-state index is 0.161. The maximum atomic E-state index is 12.3. The fraction of sp³-hybridized carbons (Fsp3) is 0.188. The third-order valence-corrected chi connectivity index (χ3v) is 3.63. The van der Waals surface area contributed by atoms with Crippen molar-refractivity contribution in [2.45, 2.75) is 6.42 Å². The molecule has 3 aromatic rings. The summed E-state index contributed by atoms with van der Waals surface area (Å²) in [5, 5.41) is 10.2. The van der Waals surface area contributed by atoms with Crippen LogP contribution in [0, 0.1) is 0 Å². The van der Waals surface area contributed by atoms with E-state index in [9.17, 15) is 9.59 Å². The number of H-pyrrole nitrogens is 1. The Kier molecular flexibility index (Phi) is 3.74. The number of aromatic nitrogens is 3. The highest BCUT2D eigenvalue weighted by Gasteiger charge is 2.13. The summed E-state index contributed by atoms with van der Waals surface area (Å²) in [5.41, 5.74) is 1.68. The molecule has 6 heteroatoms. The van der Waals surface area contributed by atoms with Crippen molar-refractivity contribution >= 4 is 16.8 Å². The number of nitrogens with zero attached hydrogens (tertiary/aromatic N) is 2. The van der Waals surface area contributed by atoms with E-state index in [0.717, 1.165) is 16.5 Å². The van der Waals surface area contributed by atoms with Crippen molar-refractivity contribution < 1.29 is 4.79 Å². The van der Waals surface area contributed by atoms with Gasteiger partial charge in [-0.3, -0.25) is 14.7 Å². The molecule has 0 atom stereocenters. The molecule has 6 nitrogen and oxygen atoms in total. The molecule has 0 spiro atoms. The van der Waals surface area contributed by atoms with Gasteiger partial charge >= 0.3 is 0 Å². The highest BCUT2D eigenvalue weighted by atomic mass is 16.2. The topological polar surface area (TPSA) is 79.8 Å². The van der Waals surface area contributed by atoms with E-state index in [1.807, 2.05) is 24.3 Å².